The van der Waals surface area contributed by atoms with E-state index in [1.54, 1.807) is 12.1 Å². The van der Waals surface area contributed by atoms with Gasteiger partial charge < -0.3 is 0 Å². The largest absolute Gasteiger partial charge is 0.250 e. The quantitative estimate of drug-likeness (QED) is 0.730. The Balaban J connectivity index is 2.85. The van der Waals surface area contributed by atoms with Crippen molar-refractivity contribution in [3.63, 3.8) is 0 Å². The third kappa shape index (κ3) is 1.92. The molecule has 2 rings (SSSR count). The molecule has 0 unspecified atom stereocenters. The Morgan fingerprint density at radius 2 is 2.00 bits per heavy atom. The average molecular weight is 244 g/mol. The molecule has 0 bridgehead atoms. The number of hydrogen-bond donors (Lipinski definition) is 0. The zero-order chi connectivity index (χ0) is 11.0. The van der Waals surface area contributed by atoms with E-state index < -0.39 is 5.82 Å². The highest BCUT2D eigenvalue weighted by molar-refractivity contribution is 6.36. The first-order valence-corrected chi connectivity index (χ1v) is 5.31. The van der Waals surface area contributed by atoms with Crippen molar-refractivity contribution in [3.05, 3.63) is 39.8 Å². The average Bonchev–Trinajstić information content (AvgIpc) is 2.19. The second kappa shape index (κ2) is 3.95. The third-order valence-electron chi connectivity index (χ3n) is 2.20. The van der Waals surface area contributed by atoms with Gasteiger partial charge in [-0.05, 0) is 24.6 Å². The van der Waals surface area contributed by atoms with Gasteiger partial charge in [0.25, 0.3) is 0 Å². The summed E-state index contributed by atoms with van der Waals surface area (Å²) < 4.78 is 13.5. The number of fused-ring (bicyclic) bond motifs is 1. The first-order valence-electron chi connectivity index (χ1n) is 4.56. The van der Waals surface area contributed by atoms with Crippen LogP contribution in [0.5, 0.6) is 0 Å². The molecule has 1 nitrogen and oxygen atoms in total. The zero-order valence-corrected chi connectivity index (χ0v) is 9.53. The number of aromatic nitrogens is 1. The molecule has 0 atom stereocenters. The van der Waals surface area contributed by atoms with Gasteiger partial charge in [0.1, 0.15) is 5.52 Å². The van der Waals surface area contributed by atoms with E-state index in [0.29, 0.717) is 15.4 Å². The molecule has 0 radical (unpaired) electrons. The molecule has 2 aromatic rings. The fourth-order valence-corrected chi connectivity index (χ4v) is 1.92. The van der Waals surface area contributed by atoms with Gasteiger partial charge in [0.05, 0.1) is 5.02 Å². The molecule has 0 saturated heterocycles. The number of nitrogens with zero attached hydrogens (tertiary/aromatic N) is 1. The second-order valence-corrected chi connectivity index (χ2v) is 4.08. The molecule has 0 amide bonds. The van der Waals surface area contributed by atoms with Crippen molar-refractivity contribution in [2.45, 2.75) is 13.3 Å². The maximum atomic E-state index is 13.5. The van der Waals surface area contributed by atoms with Crippen molar-refractivity contribution in [1.29, 1.82) is 0 Å². The van der Waals surface area contributed by atoms with Crippen LogP contribution in [0.15, 0.2) is 18.2 Å². The molecule has 0 aliphatic rings. The minimum Gasteiger partial charge on any atom is -0.250 e. The normalized spacial score (nSPS) is 10.9. The molecule has 1 aromatic carbocycles. The minimum atomic E-state index is -0.435. The summed E-state index contributed by atoms with van der Waals surface area (Å²) >= 11 is 11.8. The second-order valence-electron chi connectivity index (χ2n) is 3.23. The maximum absolute atomic E-state index is 13.5. The van der Waals surface area contributed by atoms with Crippen molar-refractivity contribution in [1.82, 2.24) is 4.98 Å². The van der Waals surface area contributed by atoms with Gasteiger partial charge in [0.2, 0.25) is 0 Å². The predicted molar refractivity (Wildman–Crippen MR) is 61.1 cm³/mol. The number of rotatable bonds is 1. The minimum absolute atomic E-state index is 0.281. The lowest BCUT2D eigenvalue weighted by atomic mass is 10.2. The lowest BCUT2D eigenvalue weighted by molar-refractivity contribution is 0.636. The van der Waals surface area contributed by atoms with E-state index in [-0.39, 0.29) is 5.52 Å². The summed E-state index contributed by atoms with van der Waals surface area (Å²) in [4.78, 5) is 4.18. The van der Waals surface area contributed by atoms with Crippen molar-refractivity contribution < 1.29 is 4.39 Å². The van der Waals surface area contributed by atoms with E-state index in [0.717, 1.165) is 12.1 Å². The topological polar surface area (TPSA) is 12.9 Å². The number of hydrogen-bond acceptors (Lipinski definition) is 1. The Labute approximate surface area is 96.8 Å². The molecule has 0 aliphatic heterocycles. The highest BCUT2D eigenvalue weighted by Crippen LogP contribution is 2.28. The highest BCUT2D eigenvalue weighted by atomic mass is 35.5. The molecule has 0 spiro atoms. The van der Waals surface area contributed by atoms with Crippen LogP contribution >= 0.6 is 23.2 Å². The van der Waals surface area contributed by atoms with Crippen LogP contribution in [-0.4, -0.2) is 4.98 Å². The first-order chi connectivity index (χ1) is 7.11. The molecule has 0 aliphatic carbocycles. The van der Waals surface area contributed by atoms with Crippen molar-refractivity contribution >= 4 is 34.1 Å². The molecular weight excluding hydrogens is 236 g/mol. The van der Waals surface area contributed by atoms with Crippen LogP contribution in [0.1, 0.15) is 12.6 Å². The summed E-state index contributed by atoms with van der Waals surface area (Å²) in [6, 6.07) is 4.60. The van der Waals surface area contributed by atoms with Gasteiger partial charge in [-0.15, -0.1) is 0 Å². The monoisotopic (exact) mass is 243 g/mol. The Kier molecular flexibility index (Phi) is 2.81. The molecule has 0 N–H and O–H groups in total. The standard InChI is InChI=1S/C11H8Cl2FN/c1-2-7-5-9(13)8-3-6(12)4-10(14)11(8)15-7/h3-5H,2H2,1H3. The van der Waals surface area contributed by atoms with Crippen LogP contribution < -0.4 is 0 Å². The van der Waals surface area contributed by atoms with E-state index in [1.807, 2.05) is 6.92 Å². The van der Waals surface area contributed by atoms with E-state index in [1.165, 1.54) is 6.07 Å². The van der Waals surface area contributed by atoms with Crippen molar-refractivity contribution in [2.24, 2.45) is 0 Å². The molecule has 0 saturated carbocycles. The Morgan fingerprint density at radius 3 is 2.67 bits per heavy atom. The fourth-order valence-electron chi connectivity index (χ4n) is 1.44. The molecule has 78 valence electrons. The summed E-state index contributed by atoms with van der Waals surface area (Å²) in [6.45, 7) is 1.94. The molecule has 0 fully saturated rings. The van der Waals surface area contributed by atoms with Gasteiger partial charge in [-0.25, -0.2) is 9.37 Å². The molecule has 4 heteroatoms. The van der Waals surface area contributed by atoms with Gasteiger partial charge in [0, 0.05) is 16.1 Å². The predicted octanol–water partition coefficient (Wildman–Crippen LogP) is 4.24. The molecule has 1 aromatic heterocycles. The van der Waals surface area contributed by atoms with E-state index in [4.69, 9.17) is 23.2 Å². The smallest absolute Gasteiger partial charge is 0.150 e. The van der Waals surface area contributed by atoms with Gasteiger partial charge in [-0.3, -0.25) is 0 Å². The Hall–Kier alpha value is -0.860. The van der Waals surface area contributed by atoms with Gasteiger partial charge in [0.15, 0.2) is 5.82 Å². The lowest BCUT2D eigenvalue weighted by Crippen LogP contribution is -1.92. The summed E-state index contributed by atoms with van der Waals surface area (Å²) in [7, 11) is 0. The number of aryl methyl sites for hydroxylation is 1. The van der Waals surface area contributed by atoms with Crippen LogP contribution in [0.25, 0.3) is 10.9 Å². The first kappa shape index (κ1) is 10.7. The van der Waals surface area contributed by atoms with Crippen LogP contribution in [0.2, 0.25) is 10.0 Å². The fraction of sp³-hybridized carbons (Fsp3) is 0.182. The zero-order valence-electron chi connectivity index (χ0n) is 8.02. The number of benzene rings is 1. The third-order valence-corrected chi connectivity index (χ3v) is 2.73. The maximum Gasteiger partial charge on any atom is 0.150 e. The summed E-state index contributed by atoms with van der Waals surface area (Å²) in [6.07, 6.45) is 0.720. The van der Waals surface area contributed by atoms with E-state index in [2.05, 4.69) is 4.98 Å². The van der Waals surface area contributed by atoms with Crippen LogP contribution in [0.4, 0.5) is 4.39 Å². The van der Waals surface area contributed by atoms with Crippen molar-refractivity contribution in [2.75, 3.05) is 0 Å². The molecule has 1 heterocycles. The van der Waals surface area contributed by atoms with Crippen LogP contribution in [0, 0.1) is 5.82 Å². The van der Waals surface area contributed by atoms with Gasteiger partial charge in [-0.2, -0.15) is 0 Å². The highest BCUT2D eigenvalue weighted by Gasteiger charge is 2.09. The van der Waals surface area contributed by atoms with Crippen LogP contribution in [-0.2, 0) is 6.42 Å². The van der Waals surface area contributed by atoms with Gasteiger partial charge in [-0.1, -0.05) is 30.1 Å². The van der Waals surface area contributed by atoms with Crippen LogP contribution in [0.3, 0.4) is 0 Å². The number of halogens is 3. The van der Waals surface area contributed by atoms with Crippen molar-refractivity contribution in [3.8, 4) is 0 Å². The lowest BCUT2D eigenvalue weighted by Gasteiger charge is -2.05. The summed E-state index contributed by atoms with van der Waals surface area (Å²) in [5, 5.41) is 1.37. The number of pyridine rings is 1. The SMILES string of the molecule is CCc1cc(Cl)c2cc(Cl)cc(F)c2n1. The Bertz CT molecular complexity index is 525. The van der Waals surface area contributed by atoms with E-state index >= 15 is 0 Å². The Morgan fingerprint density at radius 1 is 1.27 bits per heavy atom. The van der Waals surface area contributed by atoms with E-state index in [9.17, 15) is 4.39 Å². The summed E-state index contributed by atoms with van der Waals surface area (Å²) in [5.74, 6) is -0.435. The van der Waals surface area contributed by atoms with Gasteiger partial charge >= 0.3 is 0 Å². The summed E-state index contributed by atoms with van der Waals surface area (Å²) in [5.41, 5.74) is 1.05. The molecular formula is C11H8Cl2FN. The molecule has 15 heavy (non-hydrogen) atoms.